The normalized spacial score (nSPS) is 11.1. The first-order valence-corrected chi connectivity index (χ1v) is 6.15. The van der Waals surface area contributed by atoms with Crippen molar-refractivity contribution in [3.8, 4) is 11.5 Å². The van der Waals surface area contributed by atoms with Crippen molar-refractivity contribution in [3.05, 3.63) is 18.2 Å². The van der Waals surface area contributed by atoms with Gasteiger partial charge in [0, 0.05) is 6.07 Å². The number of methoxy groups -OCH3 is 2. The molecule has 5 heteroatoms. The number of hydrogen-bond acceptors (Lipinski definition) is 4. The molecule has 4 nitrogen and oxygen atoms in total. The van der Waals surface area contributed by atoms with Crippen LogP contribution in [0.25, 0.3) is 0 Å². The maximum absolute atomic E-state index is 11.6. The minimum absolute atomic E-state index is 0.0719. The first-order chi connectivity index (χ1) is 7.05. The van der Waals surface area contributed by atoms with Crippen LogP contribution in [0.3, 0.4) is 0 Å². The van der Waals surface area contributed by atoms with Crippen molar-refractivity contribution in [2.45, 2.75) is 11.8 Å². The minimum atomic E-state index is -3.19. The van der Waals surface area contributed by atoms with Crippen molar-refractivity contribution in [1.82, 2.24) is 0 Å². The molecule has 0 aliphatic heterocycles. The van der Waals surface area contributed by atoms with Gasteiger partial charge < -0.3 is 9.47 Å². The lowest BCUT2D eigenvalue weighted by atomic mass is 10.3. The van der Waals surface area contributed by atoms with E-state index in [0.29, 0.717) is 11.5 Å². The van der Waals surface area contributed by atoms with Gasteiger partial charge in [0.2, 0.25) is 0 Å². The summed E-state index contributed by atoms with van der Waals surface area (Å²) in [5.74, 6) is 1.02. The molecule has 0 heterocycles. The molecule has 1 aromatic carbocycles. The van der Waals surface area contributed by atoms with E-state index in [-0.39, 0.29) is 10.6 Å². The van der Waals surface area contributed by atoms with Gasteiger partial charge in [-0.2, -0.15) is 0 Å². The Kier molecular flexibility index (Phi) is 3.57. The van der Waals surface area contributed by atoms with E-state index in [1.54, 1.807) is 13.0 Å². The van der Waals surface area contributed by atoms with Gasteiger partial charge in [-0.05, 0) is 12.1 Å². The minimum Gasteiger partial charge on any atom is -0.493 e. The average molecular weight is 230 g/mol. The van der Waals surface area contributed by atoms with E-state index in [1.165, 1.54) is 26.4 Å². The highest BCUT2D eigenvalue weighted by atomic mass is 32.2. The molecule has 1 aromatic rings. The Morgan fingerprint density at radius 1 is 1.13 bits per heavy atom. The molecule has 0 unspecified atom stereocenters. The SMILES string of the molecule is CCS(=O)(=O)c1ccc(OC)c(OC)c1. The second-order valence-corrected chi connectivity index (χ2v) is 5.20. The monoisotopic (exact) mass is 230 g/mol. The van der Waals surface area contributed by atoms with Gasteiger partial charge in [-0.1, -0.05) is 6.92 Å². The molecule has 0 radical (unpaired) electrons. The largest absolute Gasteiger partial charge is 0.493 e. The zero-order valence-corrected chi connectivity index (χ0v) is 9.80. The molecule has 0 saturated heterocycles. The second kappa shape index (κ2) is 4.53. The number of rotatable bonds is 4. The van der Waals surface area contributed by atoms with Gasteiger partial charge in [-0.3, -0.25) is 0 Å². The van der Waals surface area contributed by atoms with E-state index in [1.807, 2.05) is 0 Å². The number of hydrogen-bond donors (Lipinski definition) is 0. The average Bonchev–Trinajstić information content (AvgIpc) is 2.28. The zero-order valence-electron chi connectivity index (χ0n) is 8.98. The smallest absolute Gasteiger partial charge is 0.178 e. The summed E-state index contributed by atoms with van der Waals surface area (Å²) in [5.41, 5.74) is 0. The molecular weight excluding hydrogens is 216 g/mol. The molecule has 84 valence electrons. The van der Waals surface area contributed by atoms with E-state index in [0.717, 1.165) is 0 Å². The topological polar surface area (TPSA) is 52.6 Å². The maximum Gasteiger partial charge on any atom is 0.178 e. The van der Waals surface area contributed by atoms with Crippen LogP contribution in [0.1, 0.15) is 6.92 Å². The Morgan fingerprint density at radius 2 is 1.73 bits per heavy atom. The Morgan fingerprint density at radius 3 is 2.20 bits per heavy atom. The lowest BCUT2D eigenvalue weighted by Crippen LogP contribution is -2.04. The van der Waals surface area contributed by atoms with Crippen LogP contribution in [0.5, 0.6) is 11.5 Å². The molecule has 0 bridgehead atoms. The Labute approximate surface area is 89.7 Å². The standard InChI is InChI=1S/C10H14O4S/c1-4-15(11,12)8-5-6-9(13-2)10(7-8)14-3/h5-7H,4H2,1-3H3. The van der Waals surface area contributed by atoms with Gasteiger partial charge >= 0.3 is 0 Å². The summed E-state index contributed by atoms with van der Waals surface area (Å²) in [6.07, 6.45) is 0. The highest BCUT2D eigenvalue weighted by Gasteiger charge is 2.14. The number of sulfone groups is 1. The van der Waals surface area contributed by atoms with E-state index in [9.17, 15) is 8.42 Å². The third-order valence-electron chi connectivity index (χ3n) is 2.09. The summed E-state index contributed by atoms with van der Waals surface area (Å²) in [5, 5.41) is 0. The van der Waals surface area contributed by atoms with Crippen LogP contribution >= 0.6 is 0 Å². The highest BCUT2D eigenvalue weighted by Crippen LogP contribution is 2.29. The Bertz CT molecular complexity index is 437. The van der Waals surface area contributed by atoms with E-state index < -0.39 is 9.84 Å². The van der Waals surface area contributed by atoms with Crippen LogP contribution in [0.4, 0.5) is 0 Å². The third-order valence-corrected chi connectivity index (χ3v) is 3.83. The molecule has 0 atom stereocenters. The van der Waals surface area contributed by atoms with Crippen molar-refractivity contribution >= 4 is 9.84 Å². The van der Waals surface area contributed by atoms with E-state index >= 15 is 0 Å². The molecule has 0 amide bonds. The Hall–Kier alpha value is -1.23. The fourth-order valence-corrected chi connectivity index (χ4v) is 2.07. The van der Waals surface area contributed by atoms with Crippen LogP contribution in [0.15, 0.2) is 23.1 Å². The zero-order chi connectivity index (χ0) is 11.5. The van der Waals surface area contributed by atoms with Crippen molar-refractivity contribution in [3.63, 3.8) is 0 Å². The van der Waals surface area contributed by atoms with Crippen molar-refractivity contribution < 1.29 is 17.9 Å². The second-order valence-electron chi connectivity index (χ2n) is 2.92. The van der Waals surface area contributed by atoms with Gasteiger partial charge in [-0.25, -0.2) is 8.42 Å². The molecule has 1 rings (SSSR count). The lowest BCUT2D eigenvalue weighted by molar-refractivity contribution is 0.354. The molecule has 0 spiro atoms. The van der Waals surface area contributed by atoms with E-state index in [4.69, 9.17) is 9.47 Å². The molecule has 0 aliphatic carbocycles. The fraction of sp³-hybridized carbons (Fsp3) is 0.400. The predicted octanol–water partition coefficient (Wildman–Crippen LogP) is 1.50. The van der Waals surface area contributed by atoms with Crippen LogP contribution < -0.4 is 9.47 Å². The third kappa shape index (κ3) is 2.41. The molecule has 0 aliphatic rings. The lowest BCUT2D eigenvalue weighted by Gasteiger charge is -2.09. The molecule has 0 fully saturated rings. The summed E-state index contributed by atoms with van der Waals surface area (Å²) >= 11 is 0. The van der Waals surface area contributed by atoms with Crippen LogP contribution in [0.2, 0.25) is 0 Å². The maximum atomic E-state index is 11.6. The van der Waals surface area contributed by atoms with Gasteiger partial charge in [0.1, 0.15) is 0 Å². The highest BCUT2D eigenvalue weighted by molar-refractivity contribution is 7.91. The van der Waals surface area contributed by atoms with Crippen LogP contribution in [-0.2, 0) is 9.84 Å². The summed E-state index contributed by atoms with van der Waals surface area (Å²) in [4.78, 5) is 0.252. The van der Waals surface area contributed by atoms with Gasteiger partial charge in [0.25, 0.3) is 0 Å². The molecule has 15 heavy (non-hydrogen) atoms. The Balaban J connectivity index is 3.26. The summed E-state index contributed by atoms with van der Waals surface area (Å²) in [6.45, 7) is 1.60. The van der Waals surface area contributed by atoms with Gasteiger partial charge in [0.15, 0.2) is 21.3 Å². The number of benzene rings is 1. The first-order valence-electron chi connectivity index (χ1n) is 4.50. The summed E-state index contributed by atoms with van der Waals surface area (Å²) in [7, 11) is -0.213. The fourth-order valence-electron chi connectivity index (χ4n) is 1.18. The first kappa shape index (κ1) is 11.8. The summed E-state index contributed by atoms with van der Waals surface area (Å²) < 4.78 is 33.2. The van der Waals surface area contributed by atoms with Gasteiger partial charge in [-0.15, -0.1) is 0 Å². The van der Waals surface area contributed by atoms with Crippen molar-refractivity contribution in [2.24, 2.45) is 0 Å². The van der Waals surface area contributed by atoms with Crippen molar-refractivity contribution in [1.29, 1.82) is 0 Å². The predicted molar refractivity (Wildman–Crippen MR) is 57.3 cm³/mol. The quantitative estimate of drug-likeness (QED) is 0.786. The van der Waals surface area contributed by atoms with E-state index in [2.05, 4.69) is 0 Å². The van der Waals surface area contributed by atoms with Crippen molar-refractivity contribution in [2.75, 3.05) is 20.0 Å². The van der Waals surface area contributed by atoms with Crippen LogP contribution in [-0.4, -0.2) is 28.4 Å². The van der Waals surface area contributed by atoms with Gasteiger partial charge in [0.05, 0.1) is 24.9 Å². The van der Waals surface area contributed by atoms with Crippen LogP contribution in [0, 0.1) is 0 Å². The number of ether oxygens (including phenoxy) is 2. The molecule has 0 N–H and O–H groups in total. The molecular formula is C10H14O4S. The summed E-state index contributed by atoms with van der Waals surface area (Å²) in [6, 6.07) is 4.57. The molecule has 0 aromatic heterocycles. The molecule has 0 saturated carbocycles.